The van der Waals surface area contributed by atoms with Crippen LogP contribution in [0, 0.1) is 0 Å². The maximum Gasteiger partial charge on any atom is 0.161 e. The Balaban J connectivity index is 2.07. The molecule has 1 aromatic carbocycles. The summed E-state index contributed by atoms with van der Waals surface area (Å²) < 4.78 is 16.1. The highest BCUT2D eigenvalue weighted by Gasteiger charge is 2.07. The quantitative estimate of drug-likeness (QED) is 0.861. The molecule has 4 heteroatoms. The van der Waals surface area contributed by atoms with E-state index >= 15 is 0 Å². The number of hydrogen-bond donors (Lipinski definition) is 1. The number of nitrogens with two attached hydrogens (primary N) is 1. The van der Waals surface area contributed by atoms with E-state index < -0.39 is 0 Å². The van der Waals surface area contributed by atoms with Crippen molar-refractivity contribution in [3.05, 3.63) is 47.9 Å². The summed E-state index contributed by atoms with van der Waals surface area (Å²) in [6, 6.07) is 9.33. The Morgan fingerprint density at radius 3 is 2.65 bits per heavy atom. The van der Waals surface area contributed by atoms with Gasteiger partial charge >= 0.3 is 0 Å². The van der Waals surface area contributed by atoms with Crippen molar-refractivity contribution >= 4 is 0 Å². The SMILES string of the molecule is COc1ccccc1OCc1occc1CN. The first-order valence-electron chi connectivity index (χ1n) is 5.36. The predicted octanol–water partition coefficient (Wildman–Crippen LogP) is 2.33. The third-order valence-corrected chi connectivity index (χ3v) is 2.49. The molecule has 0 atom stereocenters. The van der Waals surface area contributed by atoms with Gasteiger partial charge in [-0.1, -0.05) is 12.1 Å². The minimum Gasteiger partial charge on any atom is -0.493 e. The Bertz CT molecular complexity index is 479. The number of ether oxygens (including phenoxy) is 2. The van der Waals surface area contributed by atoms with Crippen LogP contribution in [0.25, 0.3) is 0 Å². The van der Waals surface area contributed by atoms with Gasteiger partial charge in [-0.3, -0.25) is 0 Å². The van der Waals surface area contributed by atoms with E-state index in [0.717, 1.165) is 11.3 Å². The van der Waals surface area contributed by atoms with Crippen LogP contribution >= 0.6 is 0 Å². The molecule has 0 amide bonds. The monoisotopic (exact) mass is 233 g/mol. The highest BCUT2D eigenvalue weighted by atomic mass is 16.5. The topological polar surface area (TPSA) is 57.6 Å². The first-order valence-corrected chi connectivity index (χ1v) is 5.36. The van der Waals surface area contributed by atoms with Gasteiger partial charge in [0.05, 0.1) is 13.4 Å². The van der Waals surface area contributed by atoms with E-state index in [0.29, 0.717) is 24.7 Å². The van der Waals surface area contributed by atoms with Gasteiger partial charge in [0.2, 0.25) is 0 Å². The molecule has 0 fully saturated rings. The fraction of sp³-hybridized carbons (Fsp3) is 0.231. The summed E-state index contributed by atoms with van der Waals surface area (Å²) in [4.78, 5) is 0. The normalized spacial score (nSPS) is 10.2. The zero-order valence-electron chi connectivity index (χ0n) is 9.68. The molecule has 1 heterocycles. The molecule has 0 aliphatic rings. The maximum atomic E-state index is 5.64. The third-order valence-electron chi connectivity index (χ3n) is 2.49. The van der Waals surface area contributed by atoms with Crippen LogP contribution in [0.15, 0.2) is 41.0 Å². The summed E-state index contributed by atoms with van der Waals surface area (Å²) in [6.07, 6.45) is 1.61. The zero-order valence-corrected chi connectivity index (χ0v) is 9.68. The Morgan fingerprint density at radius 2 is 1.94 bits per heavy atom. The Hall–Kier alpha value is -1.94. The van der Waals surface area contributed by atoms with Gasteiger partial charge in [0, 0.05) is 12.1 Å². The molecule has 2 aromatic rings. The largest absolute Gasteiger partial charge is 0.493 e. The van der Waals surface area contributed by atoms with Crippen molar-refractivity contribution in [1.82, 2.24) is 0 Å². The number of benzene rings is 1. The average molecular weight is 233 g/mol. The van der Waals surface area contributed by atoms with Crippen LogP contribution in [0.4, 0.5) is 0 Å². The van der Waals surface area contributed by atoms with E-state index in [-0.39, 0.29) is 0 Å². The second-order valence-electron chi connectivity index (χ2n) is 3.51. The number of hydrogen-bond acceptors (Lipinski definition) is 4. The van der Waals surface area contributed by atoms with Crippen molar-refractivity contribution < 1.29 is 13.9 Å². The highest BCUT2D eigenvalue weighted by Crippen LogP contribution is 2.27. The van der Waals surface area contributed by atoms with Gasteiger partial charge in [-0.15, -0.1) is 0 Å². The van der Waals surface area contributed by atoms with Crippen LogP contribution in [0.3, 0.4) is 0 Å². The maximum absolute atomic E-state index is 5.64. The lowest BCUT2D eigenvalue weighted by atomic mass is 10.2. The van der Waals surface area contributed by atoms with E-state index in [4.69, 9.17) is 19.6 Å². The first-order chi connectivity index (χ1) is 8.35. The van der Waals surface area contributed by atoms with Gasteiger partial charge in [-0.05, 0) is 18.2 Å². The van der Waals surface area contributed by atoms with Crippen molar-refractivity contribution in [2.45, 2.75) is 13.2 Å². The second kappa shape index (κ2) is 5.41. The standard InChI is InChI=1S/C13H15NO3/c1-15-11-4-2-3-5-12(11)17-9-13-10(8-14)6-7-16-13/h2-7H,8-9,14H2,1H3. The molecule has 90 valence electrons. The summed E-state index contributed by atoms with van der Waals surface area (Å²) in [5.74, 6) is 2.14. The van der Waals surface area contributed by atoms with Crippen LogP contribution < -0.4 is 15.2 Å². The van der Waals surface area contributed by atoms with Crippen molar-refractivity contribution in [2.75, 3.05) is 7.11 Å². The van der Waals surface area contributed by atoms with Crippen LogP contribution in [0.5, 0.6) is 11.5 Å². The van der Waals surface area contributed by atoms with Crippen LogP contribution in [0.2, 0.25) is 0 Å². The van der Waals surface area contributed by atoms with Gasteiger partial charge in [0.1, 0.15) is 12.4 Å². The molecule has 2 rings (SSSR count). The van der Waals surface area contributed by atoms with Gasteiger partial charge in [0.15, 0.2) is 11.5 Å². The van der Waals surface area contributed by atoms with Crippen molar-refractivity contribution in [3.63, 3.8) is 0 Å². The second-order valence-corrected chi connectivity index (χ2v) is 3.51. The van der Waals surface area contributed by atoms with E-state index in [1.165, 1.54) is 0 Å². The smallest absolute Gasteiger partial charge is 0.161 e. The molecule has 0 bridgehead atoms. The summed E-state index contributed by atoms with van der Waals surface area (Å²) in [5.41, 5.74) is 6.54. The number of furan rings is 1. The van der Waals surface area contributed by atoms with E-state index in [1.807, 2.05) is 30.3 Å². The number of rotatable bonds is 5. The lowest BCUT2D eigenvalue weighted by molar-refractivity contribution is 0.254. The molecule has 1 aromatic heterocycles. The Morgan fingerprint density at radius 1 is 1.18 bits per heavy atom. The molecule has 0 aliphatic heterocycles. The fourth-order valence-electron chi connectivity index (χ4n) is 1.56. The zero-order chi connectivity index (χ0) is 12.1. The Labute approximate surface area is 99.9 Å². The van der Waals surface area contributed by atoms with Crippen LogP contribution in [0.1, 0.15) is 11.3 Å². The molecule has 0 spiro atoms. The van der Waals surface area contributed by atoms with Crippen LogP contribution in [-0.4, -0.2) is 7.11 Å². The third kappa shape index (κ3) is 2.60. The highest BCUT2D eigenvalue weighted by molar-refractivity contribution is 5.39. The van der Waals surface area contributed by atoms with Crippen molar-refractivity contribution in [2.24, 2.45) is 5.73 Å². The molecule has 0 radical (unpaired) electrons. The summed E-state index contributed by atoms with van der Waals surface area (Å²) in [5, 5.41) is 0. The van der Waals surface area contributed by atoms with E-state index in [9.17, 15) is 0 Å². The van der Waals surface area contributed by atoms with E-state index in [1.54, 1.807) is 13.4 Å². The molecule has 2 N–H and O–H groups in total. The molecule has 4 nitrogen and oxygen atoms in total. The van der Waals surface area contributed by atoms with Crippen molar-refractivity contribution in [1.29, 1.82) is 0 Å². The molecule has 0 aliphatic carbocycles. The lowest BCUT2D eigenvalue weighted by Gasteiger charge is -2.09. The predicted molar refractivity (Wildman–Crippen MR) is 63.9 cm³/mol. The molecular formula is C13H15NO3. The molecule has 0 unspecified atom stereocenters. The van der Waals surface area contributed by atoms with E-state index in [2.05, 4.69) is 0 Å². The molecule has 0 saturated heterocycles. The minimum absolute atomic E-state index is 0.347. The molecule has 17 heavy (non-hydrogen) atoms. The minimum atomic E-state index is 0.347. The number of methoxy groups -OCH3 is 1. The van der Waals surface area contributed by atoms with Gasteiger partial charge in [0.25, 0.3) is 0 Å². The van der Waals surface area contributed by atoms with Gasteiger partial charge in [-0.2, -0.15) is 0 Å². The summed E-state index contributed by atoms with van der Waals surface area (Å²) in [6.45, 7) is 0.793. The van der Waals surface area contributed by atoms with Crippen molar-refractivity contribution in [3.8, 4) is 11.5 Å². The fourth-order valence-corrected chi connectivity index (χ4v) is 1.56. The summed E-state index contributed by atoms with van der Waals surface area (Å²) in [7, 11) is 1.61. The average Bonchev–Trinajstić information content (AvgIpc) is 2.84. The summed E-state index contributed by atoms with van der Waals surface area (Å²) >= 11 is 0. The van der Waals surface area contributed by atoms with Gasteiger partial charge < -0.3 is 19.6 Å². The molecule has 0 saturated carbocycles. The van der Waals surface area contributed by atoms with Crippen LogP contribution in [-0.2, 0) is 13.2 Å². The lowest BCUT2D eigenvalue weighted by Crippen LogP contribution is -2.02. The molecular weight excluding hydrogens is 218 g/mol. The Kier molecular flexibility index (Phi) is 3.67. The first kappa shape index (κ1) is 11.5. The number of para-hydroxylation sites is 2. The van der Waals surface area contributed by atoms with Gasteiger partial charge in [-0.25, -0.2) is 0 Å².